The lowest BCUT2D eigenvalue weighted by molar-refractivity contribution is 0.0584. The summed E-state index contributed by atoms with van der Waals surface area (Å²) in [5, 5.41) is 17.6. The summed E-state index contributed by atoms with van der Waals surface area (Å²) >= 11 is 5.43. The Morgan fingerprint density at radius 3 is 1.18 bits per heavy atom. The number of carbonyl (C=O) groups is 5. The topological polar surface area (TPSA) is 337 Å². The lowest BCUT2D eigenvalue weighted by atomic mass is 9.96. The predicted molar refractivity (Wildman–Crippen MR) is 376 cm³/mol. The number of halogens is 3. The molecule has 4 fully saturated rings. The van der Waals surface area contributed by atoms with Crippen molar-refractivity contribution in [2.75, 3.05) is 104 Å². The summed E-state index contributed by atoms with van der Waals surface area (Å²) < 4.78 is 40.4. The lowest BCUT2D eigenvalue weighted by Crippen LogP contribution is -2.32. The highest BCUT2D eigenvalue weighted by Crippen LogP contribution is 2.31. The number of hydrogen-bond acceptors (Lipinski definition) is 24. The highest BCUT2D eigenvalue weighted by Gasteiger charge is 2.33. The Morgan fingerprint density at radius 1 is 0.485 bits per heavy atom. The fourth-order valence-corrected chi connectivity index (χ4v) is 12.4. The molecule has 13 heterocycles. The zero-order valence-corrected chi connectivity index (χ0v) is 59.2. The van der Waals surface area contributed by atoms with Crippen LogP contribution in [0.25, 0.3) is 11.3 Å². The summed E-state index contributed by atoms with van der Waals surface area (Å²) in [6.45, 7) is 26.7. The number of carboxylic acids is 1. The minimum Gasteiger partial charge on any atom is -0.476 e. The monoisotopic (exact) mass is 1410 g/mol. The van der Waals surface area contributed by atoms with E-state index in [-0.39, 0.29) is 44.9 Å². The normalized spacial score (nSPS) is 19.8. The number of imidazole rings is 2. The summed E-state index contributed by atoms with van der Waals surface area (Å²) in [6.07, 6.45) is 23.6. The molecule has 4 saturated heterocycles. The molecular weight excluding hydrogens is 1320 g/mol. The smallest absolute Gasteiger partial charge is 0.358 e. The average Bonchev–Trinajstić information content (AvgIpc) is 1.71. The van der Waals surface area contributed by atoms with Gasteiger partial charge in [-0.15, -0.1) is 0 Å². The van der Waals surface area contributed by atoms with Crippen LogP contribution in [0.2, 0.25) is 5.15 Å². The van der Waals surface area contributed by atoms with Crippen molar-refractivity contribution < 1.29 is 47.3 Å². The third kappa shape index (κ3) is 19.1. The summed E-state index contributed by atoms with van der Waals surface area (Å²) in [4.78, 5) is 116. The average molecular weight is 1410 g/mol. The summed E-state index contributed by atoms with van der Waals surface area (Å²) in [6, 6.07) is 2.89. The second-order valence-electron chi connectivity index (χ2n) is 25.6. The van der Waals surface area contributed by atoms with Gasteiger partial charge in [-0.25, -0.2) is 83.0 Å². The molecule has 534 valence electrons. The van der Waals surface area contributed by atoms with E-state index in [9.17, 15) is 32.8 Å². The van der Waals surface area contributed by atoms with Crippen LogP contribution in [-0.2, 0) is 9.47 Å². The number of nitrogens with zero attached hydrogens (tertiary/aromatic N) is 18. The molecule has 0 aliphatic carbocycles. The van der Waals surface area contributed by atoms with Crippen molar-refractivity contribution in [2.24, 2.45) is 41.4 Å². The fraction of sp³-hybridized carbons (Fsp3) is 0.435. The number of esters is 2. The summed E-state index contributed by atoms with van der Waals surface area (Å²) in [5.74, 6) is 3.68. The molecule has 0 unspecified atom stereocenters. The number of amides is 2. The van der Waals surface area contributed by atoms with Gasteiger partial charge in [-0.05, 0) is 62.3 Å². The zero-order chi connectivity index (χ0) is 72.8. The number of nitrogens with one attached hydrogen (secondary N) is 3. The van der Waals surface area contributed by atoms with E-state index in [4.69, 9.17) is 16.7 Å². The van der Waals surface area contributed by atoms with Gasteiger partial charge in [0.2, 0.25) is 0 Å². The van der Waals surface area contributed by atoms with Crippen LogP contribution < -0.4 is 35.6 Å². The van der Waals surface area contributed by atoms with Crippen LogP contribution in [-0.4, -0.2) is 183 Å². The largest absolute Gasteiger partial charge is 0.476 e. The molecule has 8 atom stereocenters. The molecule has 0 aromatic carbocycles. The minimum atomic E-state index is -1.04. The van der Waals surface area contributed by atoms with E-state index in [2.05, 4.69) is 153 Å². The van der Waals surface area contributed by atoms with Crippen LogP contribution in [0.5, 0.6) is 0 Å². The van der Waals surface area contributed by atoms with Gasteiger partial charge in [0.05, 0.1) is 99.0 Å². The first kappa shape index (κ1) is 74.7. The van der Waals surface area contributed by atoms with E-state index < -0.39 is 41.4 Å². The Bertz CT molecular complexity index is 4130. The second-order valence-corrected chi connectivity index (χ2v) is 26.0. The Balaban J connectivity index is 0.000000153. The van der Waals surface area contributed by atoms with Crippen molar-refractivity contribution in [3.8, 4) is 0 Å². The summed E-state index contributed by atoms with van der Waals surface area (Å²) in [7, 11) is 4.56. The molecule has 0 saturated carbocycles. The molecule has 0 spiro atoms. The van der Waals surface area contributed by atoms with E-state index in [0.29, 0.717) is 70.2 Å². The molecular formula is C69H84ClF2N21O8. The Morgan fingerprint density at radius 2 is 0.842 bits per heavy atom. The van der Waals surface area contributed by atoms with Crippen LogP contribution in [0.15, 0.2) is 98.9 Å². The van der Waals surface area contributed by atoms with E-state index in [1.54, 1.807) is 72.2 Å². The highest BCUT2D eigenvalue weighted by atomic mass is 35.5. The lowest BCUT2D eigenvalue weighted by Gasteiger charge is -2.16. The Hall–Kier alpha value is -10.6. The molecule has 0 bridgehead atoms. The predicted octanol–water partition coefficient (Wildman–Crippen LogP) is 9.10. The fourth-order valence-electron chi connectivity index (χ4n) is 12.3. The quantitative estimate of drug-likeness (QED) is 0.0737. The highest BCUT2D eigenvalue weighted by molar-refractivity contribution is 6.29. The molecule has 9 aromatic heterocycles. The van der Waals surface area contributed by atoms with E-state index in [0.717, 1.165) is 88.5 Å². The van der Waals surface area contributed by atoms with E-state index in [1.165, 1.54) is 63.5 Å². The zero-order valence-electron chi connectivity index (χ0n) is 58.4. The Kier molecular flexibility index (Phi) is 25.1. The number of pyridine rings is 2. The number of methoxy groups -OCH3 is 2. The molecule has 29 nitrogen and oxygen atoms in total. The number of ether oxygens (including phenoxy) is 2. The molecule has 4 aliphatic rings. The van der Waals surface area contributed by atoms with Crippen LogP contribution in [0, 0.1) is 66.9 Å². The number of hydrogen-bond donors (Lipinski definition) is 4. The first-order valence-electron chi connectivity index (χ1n) is 33.1. The molecule has 101 heavy (non-hydrogen) atoms. The third-order valence-corrected chi connectivity index (χ3v) is 18.5. The molecule has 0 radical (unpaired) electrons. The number of aromatic carboxylic acids is 1. The molecule has 2 amide bonds. The van der Waals surface area contributed by atoms with E-state index in [1.807, 2.05) is 7.05 Å². The number of carbonyl (C=O) groups excluding carboxylic acids is 4. The standard InChI is InChI=1S/C20H23FN6O.C19H22FN7O.2C12H17N3O2.C6H5ClN2O2/c1-4-14-10-26(8-12(14)2)18-7-22-17(6-23-18)20(28)25-15-5-16(21)19-24-13(3)9-27(19)11-15;1-11-7-26(10-16(11)21-3)17-6-22-15(5-23-17)19(28)25-13-4-14(20)18-24-12(2)8-27(18)9-13;1-8-6-15(7-9(8)2)11-5-13-10(4-14-11)12(16)17-3;1-3-9-7-15(6-8(9)2)11-5-13-10(4-14-11)12(16)17;1-11-6(10)4-2-9-5(7)3-8-4/h5-7,9,11-12,14H,4,8,10H2,1-3H3,(H,25,28);4-6,8-9,11,16,21H,7,10H2,1-3H3,(H,25,28);4-5,8-9H,6-7H2,1-3H3;4-5,8-9H,3,6-7H2,1-2H3,(H,16,17);2-3H,1H3/t12-,14+;11-,16+;2*8-,9+;/m11.1./s1. The molecule has 32 heteroatoms. The third-order valence-electron chi connectivity index (χ3n) is 18.3. The van der Waals surface area contributed by atoms with Crippen LogP contribution in [0.3, 0.4) is 0 Å². The number of aromatic nitrogens is 14. The van der Waals surface area contributed by atoms with Crippen molar-refractivity contribution in [3.63, 3.8) is 0 Å². The van der Waals surface area contributed by atoms with Crippen molar-refractivity contribution >= 4 is 87.3 Å². The first-order chi connectivity index (χ1) is 48.3. The number of rotatable bonds is 14. The minimum absolute atomic E-state index is 0.00645. The van der Waals surface area contributed by atoms with Gasteiger partial charge >= 0.3 is 17.9 Å². The number of fused-ring (bicyclic) bond motifs is 2. The van der Waals surface area contributed by atoms with Crippen molar-refractivity contribution in [3.05, 3.63) is 156 Å². The number of aryl methyl sites for hydroxylation is 2. The van der Waals surface area contributed by atoms with Gasteiger partial charge < -0.3 is 58.9 Å². The number of anilines is 6. The van der Waals surface area contributed by atoms with E-state index >= 15 is 0 Å². The van der Waals surface area contributed by atoms with Gasteiger partial charge in [0.25, 0.3) is 11.8 Å². The van der Waals surface area contributed by atoms with Gasteiger partial charge in [-0.1, -0.05) is 72.9 Å². The van der Waals surface area contributed by atoms with Gasteiger partial charge in [-0.3, -0.25) is 9.59 Å². The van der Waals surface area contributed by atoms with Crippen molar-refractivity contribution in [1.82, 2.24) is 73.9 Å². The van der Waals surface area contributed by atoms with Gasteiger partial charge in [-0.2, -0.15) is 0 Å². The van der Waals surface area contributed by atoms with Crippen molar-refractivity contribution in [2.45, 2.75) is 81.2 Å². The maximum atomic E-state index is 14.2. The van der Waals surface area contributed by atoms with Crippen LogP contribution in [0.4, 0.5) is 43.4 Å². The second kappa shape index (κ2) is 34.0. The Labute approximate surface area is 588 Å². The van der Waals surface area contributed by atoms with Gasteiger partial charge in [0.15, 0.2) is 40.0 Å². The summed E-state index contributed by atoms with van der Waals surface area (Å²) in [5.41, 5.74) is 3.24. The molecule has 13 rings (SSSR count). The van der Waals surface area contributed by atoms with Crippen LogP contribution in [0.1, 0.15) is 125 Å². The maximum absolute atomic E-state index is 14.2. The molecule has 9 aromatic rings. The van der Waals surface area contributed by atoms with Gasteiger partial charge in [0, 0.05) is 95.3 Å². The SMILES string of the molecule is CC[C@H]1CN(c2cnc(C(=O)Nc3cc(F)c4nc(C)cn4c3)cn2)C[C@H]1C.CC[C@H]1CN(c2cnc(C(=O)O)cn2)C[C@H]1C.CN[C@H]1CN(c2cnc(C(=O)Nc3cc(F)c4nc(C)cn4c3)cn2)C[C@H]1C.COC(=O)c1cnc(Cl)cn1.COC(=O)c1cnc(N2C[C@@H](C)[C@@H](C)C2)cn1. The maximum Gasteiger partial charge on any atom is 0.358 e. The first-order valence-corrected chi connectivity index (χ1v) is 33.5. The number of likely N-dealkylation sites (N-methyl/N-ethyl adjacent to an activating group) is 1. The molecule has 4 aliphatic heterocycles. The van der Waals surface area contributed by atoms with Crippen LogP contribution >= 0.6 is 11.6 Å². The number of carboxylic acid groups (broad SMARTS) is 1. The van der Waals surface area contributed by atoms with Crippen molar-refractivity contribution in [1.29, 1.82) is 0 Å². The van der Waals surface area contributed by atoms with Gasteiger partial charge in [0.1, 0.15) is 39.8 Å². The molecule has 4 N–H and O–H groups in total.